The number of H-pyrrole nitrogens is 1. The summed E-state index contributed by atoms with van der Waals surface area (Å²) < 4.78 is 32.6. The lowest BCUT2D eigenvalue weighted by molar-refractivity contribution is 0.328. The molecule has 0 fully saturated rings. The molecule has 3 rings (SSSR count). The van der Waals surface area contributed by atoms with Gasteiger partial charge in [0, 0.05) is 18.1 Å². The monoisotopic (exact) mass is 289 g/mol. The Morgan fingerprint density at radius 1 is 1.10 bits per heavy atom. The maximum absolute atomic E-state index is 13.6. The van der Waals surface area contributed by atoms with Gasteiger partial charge in [0.25, 0.3) is 0 Å². The van der Waals surface area contributed by atoms with E-state index in [0.717, 1.165) is 0 Å². The third-order valence-corrected chi connectivity index (χ3v) is 3.07. The van der Waals surface area contributed by atoms with E-state index in [4.69, 9.17) is 4.74 Å². The van der Waals surface area contributed by atoms with E-state index in [9.17, 15) is 8.78 Å². The lowest BCUT2D eigenvalue weighted by Gasteiger charge is -2.01. The highest BCUT2D eigenvalue weighted by molar-refractivity contribution is 5.71. The van der Waals surface area contributed by atoms with E-state index in [1.807, 2.05) is 6.92 Å². The topological polar surface area (TPSA) is 50.8 Å². The van der Waals surface area contributed by atoms with Gasteiger partial charge in [-0.05, 0) is 25.1 Å². The Morgan fingerprint density at radius 2 is 1.86 bits per heavy atom. The van der Waals surface area contributed by atoms with Crippen molar-refractivity contribution in [3.05, 3.63) is 53.4 Å². The second-order valence-corrected chi connectivity index (χ2v) is 4.51. The minimum Gasteiger partial charge on any atom is -0.478 e. The van der Waals surface area contributed by atoms with Gasteiger partial charge >= 0.3 is 0 Å². The zero-order valence-corrected chi connectivity index (χ0v) is 11.4. The zero-order valence-electron chi connectivity index (χ0n) is 11.4. The molecule has 4 nitrogen and oxygen atoms in total. The van der Waals surface area contributed by atoms with Crippen molar-refractivity contribution >= 4 is 11.2 Å². The van der Waals surface area contributed by atoms with Gasteiger partial charge in [-0.25, -0.2) is 13.8 Å². The van der Waals surface area contributed by atoms with Crippen molar-refractivity contribution in [3.8, 4) is 5.88 Å². The Kier molecular flexibility index (Phi) is 3.51. The number of rotatable bonds is 4. The lowest BCUT2D eigenvalue weighted by Crippen LogP contribution is -1.98. The molecule has 21 heavy (non-hydrogen) atoms. The van der Waals surface area contributed by atoms with Crippen LogP contribution in [0.4, 0.5) is 8.78 Å². The molecule has 0 atom stereocenters. The predicted molar refractivity (Wildman–Crippen MR) is 74.2 cm³/mol. The average molecular weight is 289 g/mol. The molecule has 0 spiro atoms. The van der Waals surface area contributed by atoms with Crippen LogP contribution in [-0.2, 0) is 6.42 Å². The Balaban J connectivity index is 1.94. The fourth-order valence-corrected chi connectivity index (χ4v) is 2.11. The average Bonchev–Trinajstić information content (AvgIpc) is 2.85. The maximum atomic E-state index is 13.6. The molecule has 1 N–H and O–H groups in total. The van der Waals surface area contributed by atoms with Crippen LogP contribution in [0.25, 0.3) is 11.2 Å². The normalized spacial score (nSPS) is 11.0. The molecule has 0 aliphatic rings. The molecule has 0 saturated carbocycles. The van der Waals surface area contributed by atoms with E-state index in [-0.39, 0.29) is 12.0 Å². The molecule has 108 valence electrons. The van der Waals surface area contributed by atoms with Crippen LogP contribution in [0.1, 0.15) is 18.3 Å². The molecule has 0 radical (unpaired) electrons. The van der Waals surface area contributed by atoms with E-state index in [1.165, 1.54) is 18.2 Å². The van der Waals surface area contributed by atoms with Gasteiger partial charge in [0.05, 0.1) is 12.1 Å². The number of hydrogen-bond acceptors (Lipinski definition) is 3. The first-order valence-electron chi connectivity index (χ1n) is 6.58. The Hall–Kier alpha value is -2.50. The lowest BCUT2D eigenvalue weighted by atomic mass is 10.1. The second kappa shape index (κ2) is 5.47. The zero-order chi connectivity index (χ0) is 14.8. The molecule has 0 aliphatic heterocycles. The van der Waals surface area contributed by atoms with Gasteiger partial charge in [-0.2, -0.15) is 4.98 Å². The molecule has 0 unspecified atom stereocenters. The van der Waals surface area contributed by atoms with Crippen LogP contribution in [0, 0.1) is 11.6 Å². The van der Waals surface area contributed by atoms with Crippen molar-refractivity contribution < 1.29 is 13.5 Å². The van der Waals surface area contributed by atoms with E-state index in [1.54, 1.807) is 12.1 Å². The number of aromatic amines is 1. The molecule has 0 saturated heterocycles. The highest BCUT2D eigenvalue weighted by Crippen LogP contribution is 2.19. The third-order valence-electron chi connectivity index (χ3n) is 3.07. The highest BCUT2D eigenvalue weighted by Gasteiger charge is 2.12. The first-order chi connectivity index (χ1) is 10.2. The van der Waals surface area contributed by atoms with Crippen LogP contribution in [0.5, 0.6) is 5.88 Å². The molecular formula is C15H13F2N3O. The summed E-state index contributed by atoms with van der Waals surface area (Å²) >= 11 is 0. The van der Waals surface area contributed by atoms with Gasteiger partial charge in [0.1, 0.15) is 17.5 Å². The van der Waals surface area contributed by atoms with Crippen LogP contribution in [0.2, 0.25) is 0 Å². The molecular weight excluding hydrogens is 276 g/mol. The van der Waals surface area contributed by atoms with Crippen molar-refractivity contribution in [2.45, 2.75) is 13.3 Å². The number of nitrogens with one attached hydrogen (secondary N) is 1. The van der Waals surface area contributed by atoms with E-state index in [0.29, 0.717) is 29.5 Å². The molecule has 1 aromatic carbocycles. The summed E-state index contributed by atoms with van der Waals surface area (Å²) in [6.45, 7) is 2.37. The van der Waals surface area contributed by atoms with Crippen LogP contribution in [0.15, 0.2) is 30.3 Å². The number of fused-ring (bicyclic) bond motifs is 1. The summed E-state index contributed by atoms with van der Waals surface area (Å²) in [5, 5.41) is 0. The number of imidazole rings is 1. The Morgan fingerprint density at radius 3 is 2.57 bits per heavy atom. The molecule has 0 bridgehead atoms. The summed E-state index contributed by atoms with van der Waals surface area (Å²) in [6.07, 6.45) is 0.0405. The third kappa shape index (κ3) is 2.69. The smallest absolute Gasteiger partial charge is 0.215 e. The Bertz CT molecular complexity index is 765. The van der Waals surface area contributed by atoms with E-state index >= 15 is 0 Å². The first kappa shape index (κ1) is 13.5. The number of aromatic nitrogens is 3. The van der Waals surface area contributed by atoms with Crippen LogP contribution >= 0.6 is 0 Å². The van der Waals surface area contributed by atoms with Gasteiger partial charge in [-0.15, -0.1) is 0 Å². The summed E-state index contributed by atoms with van der Waals surface area (Å²) in [5.41, 5.74) is 1.15. The van der Waals surface area contributed by atoms with Crippen molar-refractivity contribution in [3.63, 3.8) is 0 Å². The molecule has 0 amide bonds. The fourth-order valence-electron chi connectivity index (χ4n) is 2.11. The molecule has 6 heteroatoms. The van der Waals surface area contributed by atoms with Crippen LogP contribution in [0.3, 0.4) is 0 Å². The minimum absolute atomic E-state index is 0.0124. The second-order valence-electron chi connectivity index (χ2n) is 4.51. The standard InChI is InChI=1S/C15H13F2N3O/c1-2-21-14-7-6-12-15(20-14)19-13(18-12)8-9-10(16)4-3-5-11(9)17/h3-7H,2,8H2,1H3,(H,18,19,20). The first-order valence-corrected chi connectivity index (χ1v) is 6.58. The SMILES string of the molecule is CCOc1ccc2[nH]c(Cc3c(F)cccc3F)nc2n1. The number of nitrogens with zero attached hydrogens (tertiary/aromatic N) is 2. The summed E-state index contributed by atoms with van der Waals surface area (Å²) in [7, 11) is 0. The predicted octanol–water partition coefficient (Wildman–Crippen LogP) is 3.23. The number of hydrogen-bond donors (Lipinski definition) is 1. The molecule has 3 aromatic rings. The highest BCUT2D eigenvalue weighted by atomic mass is 19.1. The van der Waals surface area contributed by atoms with Crippen molar-refractivity contribution in [2.75, 3.05) is 6.61 Å². The van der Waals surface area contributed by atoms with Crippen molar-refractivity contribution in [2.24, 2.45) is 0 Å². The summed E-state index contributed by atoms with van der Waals surface area (Å²) in [5.74, 6) is -0.243. The van der Waals surface area contributed by atoms with Gasteiger partial charge in [0.2, 0.25) is 5.88 Å². The van der Waals surface area contributed by atoms with E-state index < -0.39 is 11.6 Å². The van der Waals surface area contributed by atoms with Gasteiger partial charge < -0.3 is 9.72 Å². The van der Waals surface area contributed by atoms with Crippen LogP contribution < -0.4 is 4.74 Å². The van der Waals surface area contributed by atoms with Crippen LogP contribution in [-0.4, -0.2) is 21.6 Å². The minimum atomic E-state index is -0.585. The van der Waals surface area contributed by atoms with Crippen molar-refractivity contribution in [1.82, 2.24) is 15.0 Å². The fraction of sp³-hybridized carbons (Fsp3) is 0.200. The van der Waals surface area contributed by atoms with Crippen molar-refractivity contribution in [1.29, 1.82) is 0 Å². The summed E-state index contributed by atoms with van der Waals surface area (Å²) in [6, 6.07) is 7.29. The Labute approximate surface area is 119 Å². The number of pyridine rings is 1. The van der Waals surface area contributed by atoms with Gasteiger partial charge in [0.15, 0.2) is 5.65 Å². The van der Waals surface area contributed by atoms with Gasteiger partial charge in [-0.3, -0.25) is 0 Å². The molecule has 0 aliphatic carbocycles. The quantitative estimate of drug-likeness (QED) is 0.802. The largest absolute Gasteiger partial charge is 0.478 e. The van der Waals surface area contributed by atoms with E-state index in [2.05, 4.69) is 15.0 Å². The number of ether oxygens (including phenoxy) is 1. The number of halogens is 2. The molecule has 2 aromatic heterocycles. The number of benzene rings is 1. The summed E-state index contributed by atoms with van der Waals surface area (Å²) in [4.78, 5) is 11.5. The molecule has 2 heterocycles. The van der Waals surface area contributed by atoms with Gasteiger partial charge in [-0.1, -0.05) is 6.07 Å². The maximum Gasteiger partial charge on any atom is 0.215 e.